The second-order valence-corrected chi connectivity index (χ2v) is 11.3. The Hall–Kier alpha value is -3.33. The smallest absolute Gasteiger partial charge is 0.329 e. The highest BCUT2D eigenvalue weighted by Gasteiger charge is 2.39. The molecule has 3 rings (SSSR count). The van der Waals surface area contributed by atoms with E-state index in [1.807, 2.05) is 0 Å². The summed E-state index contributed by atoms with van der Waals surface area (Å²) >= 11 is 1.04. The Kier molecular flexibility index (Phi) is 9.74. The maximum Gasteiger partial charge on any atom is 0.329 e. The van der Waals surface area contributed by atoms with E-state index < -0.39 is 65.1 Å². The first-order valence-corrected chi connectivity index (χ1v) is 13.7. The highest BCUT2D eigenvalue weighted by molar-refractivity contribution is 7.91. The summed E-state index contributed by atoms with van der Waals surface area (Å²) in [5.74, 6) is -3.36. The standard InChI is InChI=1S/C23H28N4O8S2/c24-22(31)17(11-15-5-2-1-3-6-15)25-23(32)18-12-16(26-37(33,34)21-7-4-10-36-21)8-9-27(18)19(28)13-35-14-20(29)30/h1-7,10,16-18,26H,8-9,11-14H2,(H2,24,31)(H,25,32)(H,29,30)/t16-,17+,18-/m0/s1. The van der Waals surface area contributed by atoms with Crippen molar-refractivity contribution >= 4 is 45.1 Å². The molecular weight excluding hydrogens is 524 g/mol. The molecule has 0 saturated carbocycles. The fourth-order valence-corrected chi connectivity index (χ4v) is 6.26. The maximum atomic E-state index is 13.3. The van der Waals surface area contributed by atoms with Crippen LogP contribution in [0.5, 0.6) is 0 Å². The number of carboxylic acids is 1. The Balaban J connectivity index is 1.76. The molecular formula is C23H28N4O8S2. The number of aliphatic carboxylic acids is 1. The zero-order chi connectivity index (χ0) is 27.0. The predicted octanol–water partition coefficient (Wildman–Crippen LogP) is -0.300. The number of primary amides is 1. The van der Waals surface area contributed by atoms with Crippen molar-refractivity contribution in [3.63, 3.8) is 0 Å². The summed E-state index contributed by atoms with van der Waals surface area (Å²) < 4.78 is 33.0. The molecule has 1 saturated heterocycles. The zero-order valence-electron chi connectivity index (χ0n) is 19.7. The van der Waals surface area contributed by atoms with E-state index in [9.17, 15) is 27.6 Å². The third-order valence-corrected chi connectivity index (χ3v) is 8.62. The van der Waals surface area contributed by atoms with Crippen molar-refractivity contribution in [3.05, 3.63) is 53.4 Å². The number of benzene rings is 1. The van der Waals surface area contributed by atoms with Crippen molar-refractivity contribution in [1.29, 1.82) is 0 Å². The number of likely N-dealkylation sites (tertiary alicyclic amines) is 1. The number of carboxylic acid groups (broad SMARTS) is 1. The van der Waals surface area contributed by atoms with Crippen LogP contribution in [-0.2, 0) is 40.4 Å². The Bertz CT molecular complexity index is 1200. The van der Waals surface area contributed by atoms with Crippen LogP contribution in [0.15, 0.2) is 52.1 Å². The van der Waals surface area contributed by atoms with Gasteiger partial charge in [0.1, 0.15) is 29.5 Å². The Morgan fingerprint density at radius 1 is 1.14 bits per heavy atom. The number of rotatable bonds is 12. The van der Waals surface area contributed by atoms with Crippen molar-refractivity contribution in [3.8, 4) is 0 Å². The van der Waals surface area contributed by atoms with Gasteiger partial charge < -0.3 is 25.8 Å². The SMILES string of the molecule is NC(=O)[C@@H](Cc1ccccc1)NC(=O)[C@@H]1C[C@@H](NS(=O)(=O)c2cccs2)CCN1C(=O)COCC(=O)O. The van der Waals surface area contributed by atoms with Crippen LogP contribution in [0, 0.1) is 0 Å². The van der Waals surface area contributed by atoms with Crippen LogP contribution in [-0.4, -0.2) is 80.0 Å². The molecule has 12 nitrogen and oxygen atoms in total. The summed E-state index contributed by atoms with van der Waals surface area (Å²) in [6.07, 6.45) is 0.263. The minimum absolute atomic E-state index is 0.00486. The summed E-state index contributed by atoms with van der Waals surface area (Å²) in [6, 6.07) is 9.06. The molecule has 1 aromatic carbocycles. The average molecular weight is 553 g/mol. The second kappa shape index (κ2) is 12.8. The first kappa shape index (κ1) is 28.2. The molecule has 0 radical (unpaired) electrons. The largest absolute Gasteiger partial charge is 0.480 e. The maximum absolute atomic E-state index is 13.3. The number of nitrogens with two attached hydrogens (primary N) is 1. The summed E-state index contributed by atoms with van der Waals surface area (Å²) in [5, 5.41) is 13.0. The van der Waals surface area contributed by atoms with E-state index in [1.165, 1.54) is 11.0 Å². The van der Waals surface area contributed by atoms with Crippen LogP contribution in [0.2, 0.25) is 0 Å². The Morgan fingerprint density at radius 2 is 1.86 bits per heavy atom. The van der Waals surface area contributed by atoms with Crippen molar-refractivity contribution in [1.82, 2.24) is 14.9 Å². The molecule has 1 fully saturated rings. The van der Waals surface area contributed by atoms with Gasteiger partial charge in [0.2, 0.25) is 27.7 Å². The van der Waals surface area contributed by atoms with Crippen molar-refractivity contribution in [2.24, 2.45) is 5.73 Å². The quantitative estimate of drug-likeness (QED) is 0.276. The minimum atomic E-state index is -3.84. The number of ether oxygens (including phenoxy) is 1. The molecule has 3 atom stereocenters. The van der Waals surface area contributed by atoms with Gasteiger partial charge >= 0.3 is 5.97 Å². The lowest BCUT2D eigenvalue weighted by atomic mass is 9.96. The molecule has 3 amide bonds. The van der Waals surface area contributed by atoms with Gasteiger partial charge in [0, 0.05) is 19.0 Å². The molecule has 5 N–H and O–H groups in total. The van der Waals surface area contributed by atoms with Crippen LogP contribution in [0.1, 0.15) is 18.4 Å². The molecule has 14 heteroatoms. The van der Waals surface area contributed by atoms with Gasteiger partial charge in [0.05, 0.1) is 0 Å². The number of thiophene rings is 1. The lowest BCUT2D eigenvalue weighted by Crippen LogP contribution is -2.60. The number of sulfonamides is 1. The third kappa shape index (κ3) is 8.08. The molecule has 0 bridgehead atoms. The molecule has 0 aliphatic carbocycles. The van der Waals surface area contributed by atoms with Crippen molar-refractivity contribution in [2.75, 3.05) is 19.8 Å². The Morgan fingerprint density at radius 3 is 2.49 bits per heavy atom. The fourth-order valence-electron chi connectivity index (χ4n) is 3.96. The summed E-state index contributed by atoms with van der Waals surface area (Å²) in [5.41, 5.74) is 6.27. The minimum Gasteiger partial charge on any atom is -0.480 e. The van der Waals surface area contributed by atoms with Gasteiger partial charge in [-0.05, 0) is 29.9 Å². The molecule has 1 aliphatic rings. The van der Waals surface area contributed by atoms with Crippen LogP contribution < -0.4 is 15.8 Å². The van der Waals surface area contributed by atoms with E-state index in [-0.39, 0.29) is 30.0 Å². The van der Waals surface area contributed by atoms with Gasteiger partial charge in [-0.3, -0.25) is 14.4 Å². The van der Waals surface area contributed by atoms with E-state index >= 15 is 0 Å². The number of carbonyl (C=O) groups excluding carboxylic acids is 3. The first-order valence-electron chi connectivity index (χ1n) is 11.3. The number of hydrogen-bond acceptors (Lipinski definition) is 8. The summed E-state index contributed by atoms with van der Waals surface area (Å²) in [4.78, 5) is 50.1. The van der Waals surface area contributed by atoms with Gasteiger partial charge in [0.25, 0.3) is 0 Å². The van der Waals surface area contributed by atoms with E-state index in [0.717, 1.165) is 16.9 Å². The number of amides is 3. The van der Waals surface area contributed by atoms with Crippen LogP contribution in [0.25, 0.3) is 0 Å². The molecule has 2 heterocycles. The topological polar surface area (TPSA) is 185 Å². The highest BCUT2D eigenvalue weighted by Crippen LogP contribution is 2.23. The number of carbonyl (C=O) groups is 4. The number of nitrogens with zero attached hydrogens (tertiary/aromatic N) is 1. The van der Waals surface area contributed by atoms with E-state index in [2.05, 4.69) is 10.0 Å². The lowest BCUT2D eigenvalue weighted by Gasteiger charge is -2.39. The number of nitrogens with one attached hydrogen (secondary N) is 2. The van der Waals surface area contributed by atoms with Gasteiger partial charge in [-0.25, -0.2) is 17.9 Å². The zero-order valence-corrected chi connectivity index (χ0v) is 21.4. The second-order valence-electron chi connectivity index (χ2n) is 8.42. The molecule has 200 valence electrons. The van der Waals surface area contributed by atoms with Gasteiger partial charge in [-0.1, -0.05) is 36.4 Å². The molecule has 1 aromatic heterocycles. The van der Waals surface area contributed by atoms with Crippen LogP contribution in [0.4, 0.5) is 0 Å². The summed E-state index contributed by atoms with van der Waals surface area (Å²) in [6.45, 7) is -1.27. The number of piperidine rings is 1. The van der Waals surface area contributed by atoms with Gasteiger partial charge in [-0.2, -0.15) is 0 Å². The monoisotopic (exact) mass is 552 g/mol. The third-order valence-electron chi connectivity index (χ3n) is 5.70. The fraction of sp³-hybridized carbons (Fsp3) is 0.391. The molecule has 1 aliphatic heterocycles. The lowest BCUT2D eigenvalue weighted by molar-refractivity contribution is -0.150. The first-order chi connectivity index (χ1) is 17.6. The van der Waals surface area contributed by atoms with Crippen LogP contribution >= 0.6 is 11.3 Å². The van der Waals surface area contributed by atoms with Crippen molar-refractivity contribution in [2.45, 2.75) is 41.6 Å². The van der Waals surface area contributed by atoms with Crippen LogP contribution in [0.3, 0.4) is 0 Å². The molecule has 37 heavy (non-hydrogen) atoms. The Labute approximate surface area is 217 Å². The highest BCUT2D eigenvalue weighted by atomic mass is 32.2. The summed E-state index contributed by atoms with van der Waals surface area (Å²) in [7, 11) is -3.84. The van der Waals surface area contributed by atoms with E-state index in [0.29, 0.717) is 0 Å². The predicted molar refractivity (Wildman–Crippen MR) is 133 cm³/mol. The average Bonchev–Trinajstić information content (AvgIpc) is 3.40. The van der Waals surface area contributed by atoms with E-state index in [1.54, 1.807) is 41.8 Å². The van der Waals surface area contributed by atoms with Gasteiger partial charge in [-0.15, -0.1) is 11.3 Å². The normalized spacial score (nSPS) is 18.6. The molecule has 0 spiro atoms. The molecule has 2 aromatic rings. The van der Waals surface area contributed by atoms with E-state index in [4.69, 9.17) is 15.6 Å². The van der Waals surface area contributed by atoms with Gasteiger partial charge in [0.15, 0.2) is 0 Å². The number of hydrogen-bond donors (Lipinski definition) is 4. The van der Waals surface area contributed by atoms with Crippen molar-refractivity contribution < 1.29 is 37.4 Å². The molecule has 0 unspecified atom stereocenters.